The molecule has 90 valence electrons. The minimum atomic E-state index is -0.387. The van der Waals surface area contributed by atoms with E-state index >= 15 is 0 Å². The van der Waals surface area contributed by atoms with Crippen molar-refractivity contribution < 1.29 is 9.53 Å². The number of hydrogen-bond acceptors (Lipinski definition) is 3. The molecule has 0 aromatic carbocycles. The highest BCUT2D eigenvalue weighted by atomic mass is 16.6. The molecule has 0 amide bonds. The lowest BCUT2D eigenvalue weighted by atomic mass is 10.1. The summed E-state index contributed by atoms with van der Waals surface area (Å²) in [5.74, 6) is -0.212. The predicted molar refractivity (Wildman–Crippen MR) is 62.8 cm³/mol. The van der Waals surface area contributed by atoms with Gasteiger partial charge in [-0.05, 0) is 34.1 Å². The molecular formula is C12H25NO2. The van der Waals surface area contributed by atoms with Gasteiger partial charge in [0.2, 0.25) is 0 Å². The zero-order chi connectivity index (χ0) is 12.1. The molecule has 2 unspecified atom stereocenters. The van der Waals surface area contributed by atoms with Crippen molar-refractivity contribution in [3.05, 3.63) is 0 Å². The fraction of sp³-hybridized carbons (Fsp3) is 0.917. The molecule has 0 spiro atoms. The van der Waals surface area contributed by atoms with E-state index in [1.807, 2.05) is 27.7 Å². The molecule has 0 rings (SSSR count). The average Bonchev–Trinajstić information content (AvgIpc) is 2.10. The smallest absolute Gasteiger partial charge is 0.310 e. The van der Waals surface area contributed by atoms with Crippen molar-refractivity contribution in [1.82, 2.24) is 5.32 Å². The van der Waals surface area contributed by atoms with Crippen LogP contribution in [0.15, 0.2) is 0 Å². The molecule has 0 aromatic heterocycles. The minimum absolute atomic E-state index is 0.0850. The molecule has 15 heavy (non-hydrogen) atoms. The molecule has 0 saturated carbocycles. The fourth-order valence-corrected chi connectivity index (χ4v) is 1.01. The Labute approximate surface area is 93.6 Å². The standard InChI is InChI=1S/C12H25NO2/c1-7-10(3)13-8-9(2)11(14)15-12(4,5)6/h9-10,13H,7-8H2,1-6H3. The molecule has 3 heteroatoms. The van der Waals surface area contributed by atoms with Gasteiger partial charge < -0.3 is 10.1 Å². The Morgan fingerprint density at radius 1 is 1.33 bits per heavy atom. The molecule has 0 fully saturated rings. The van der Waals surface area contributed by atoms with Gasteiger partial charge in [-0.2, -0.15) is 0 Å². The first-order chi connectivity index (χ1) is 6.76. The van der Waals surface area contributed by atoms with Crippen LogP contribution >= 0.6 is 0 Å². The van der Waals surface area contributed by atoms with Crippen LogP contribution in [0.4, 0.5) is 0 Å². The molecule has 3 nitrogen and oxygen atoms in total. The summed E-state index contributed by atoms with van der Waals surface area (Å²) in [6.07, 6.45) is 1.07. The summed E-state index contributed by atoms with van der Waals surface area (Å²) in [5, 5.41) is 3.30. The third kappa shape index (κ3) is 7.37. The fourth-order valence-electron chi connectivity index (χ4n) is 1.01. The molecule has 0 saturated heterocycles. The van der Waals surface area contributed by atoms with Crippen molar-refractivity contribution in [2.45, 2.75) is 59.6 Å². The van der Waals surface area contributed by atoms with E-state index in [1.165, 1.54) is 0 Å². The van der Waals surface area contributed by atoms with Crippen molar-refractivity contribution >= 4 is 5.97 Å². The van der Waals surface area contributed by atoms with Gasteiger partial charge in [-0.1, -0.05) is 13.8 Å². The summed E-state index contributed by atoms with van der Waals surface area (Å²) in [6.45, 7) is 12.5. The third-order valence-electron chi connectivity index (χ3n) is 2.19. The average molecular weight is 215 g/mol. The quantitative estimate of drug-likeness (QED) is 0.715. The summed E-state index contributed by atoms with van der Waals surface area (Å²) in [5.41, 5.74) is -0.387. The topological polar surface area (TPSA) is 38.3 Å². The zero-order valence-corrected chi connectivity index (χ0v) is 10.9. The van der Waals surface area contributed by atoms with E-state index in [1.54, 1.807) is 0 Å². The van der Waals surface area contributed by atoms with Crippen molar-refractivity contribution in [1.29, 1.82) is 0 Å². The first kappa shape index (κ1) is 14.4. The van der Waals surface area contributed by atoms with Gasteiger partial charge in [-0.15, -0.1) is 0 Å². The molecule has 0 aliphatic carbocycles. The van der Waals surface area contributed by atoms with Gasteiger partial charge in [0.15, 0.2) is 0 Å². The summed E-state index contributed by atoms with van der Waals surface area (Å²) in [4.78, 5) is 11.6. The van der Waals surface area contributed by atoms with Crippen LogP contribution in [-0.4, -0.2) is 24.2 Å². The highest BCUT2D eigenvalue weighted by molar-refractivity contribution is 5.72. The maximum absolute atomic E-state index is 11.6. The Morgan fingerprint density at radius 3 is 2.27 bits per heavy atom. The van der Waals surface area contributed by atoms with Crippen molar-refractivity contribution in [2.75, 3.05) is 6.54 Å². The van der Waals surface area contributed by atoms with E-state index in [0.29, 0.717) is 12.6 Å². The van der Waals surface area contributed by atoms with Crippen LogP contribution in [0, 0.1) is 5.92 Å². The number of rotatable bonds is 5. The Morgan fingerprint density at radius 2 is 1.87 bits per heavy atom. The lowest BCUT2D eigenvalue weighted by Crippen LogP contribution is -2.36. The second-order valence-electron chi connectivity index (χ2n) is 5.15. The summed E-state index contributed by atoms with van der Waals surface area (Å²) < 4.78 is 5.29. The van der Waals surface area contributed by atoms with Crippen LogP contribution in [0.5, 0.6) is 0 Å². The van der Waals surface area contributed by atoms with Gasteiger partial charge in [0.25, 0.3) is 0 Å². The molecule has 0 bridgehead atoms. The lowest BCUT2D eigenvalue weighted by Gasteiger charge is -2.23. The Hall–Kier alpha value is -0.570. The molecule has 0 radical (unpaired) electrons. The normalized spacial score (nSPS) is 15.9. The van der Waals surface area contributed by atoms with E-state index in [0.717, 1.165) is 6.42 Å². The maximum Gasteiger partial charge on any atom is 0.310 e. The van der Waals surface area contributed by atoms with E-state index < -0.39 is 0 Å². The highest BCUT2D eigenvalue weighted by Gasteiger charge is 2.21. The third-order valence-corrected chi connectivity index (χ3v) is 2.19. The van der Waals surface area contributed by atoms with Gasteiger partial charge in [0.1, 0.15) is 5.60 Å². The Kier molecular flexibility index (Phi) is 5.88. The van der Waals surface area contributed by atoms with Crippen LogP contribution < -0.4 is 5.32 Å². The molecule has 0 heterocycles. The van der Waals surface area contributed by atoms with Gasteiger partial charge in [0.05, 0.1) is 5.92 Å². The number of nitrogens with one attached hydrogen (secondary N) is 1. The van der Waals surface area contributed by atoms with Gasteiger partial charge in [-0.25, -0.2) is 0 Å². The Balaban J connectivity index is 3.90. The van der Waals surface area contributed by atoms with E-state index in [-0.39, 0.29) is 17.5 Å². The Bertz CT molecular complexity index is 196. The second-order valence-corrected chi connectivity index (χ2v) is 5.15. The van der Waals surface area contributed by atoms with Crippen molar-refractivity contribution in [3.8, 4) is 0 Å². The van der Waals surface area contributed by atoms with Crippen LogP contribution in [-0.2, 0) is 9.53 Å². The molecule has 1 N–H and O–H groups in total. The molecular weight excluding hydrogens is 190 g/mol. The highest BCUT2D eigenvalue weighted by Crippen LogP contribution is 2.10. The van der Waals surface area contributed by atoms with Crippen molar-refractivity contribution in [3.63, 3.8) is 0 Å². The van der Waals surface area contributed by atoms with Crippen LogP contribution in [0.3, 0.4) is 0 Å². The largest absolute Gasteiger partial charge is 0.460 e. The molecule has 0 aliphatic rings. The molecule has 2 atom stereocenters. The second kappa shape index (κ2) is 6.11. The lowest BCUT2D eigenvalue weighted by molar-refractivity contribution is -0.159. The van der Waals surface area contributed by atoms with Crippen LogP contribution in [0.2, 0.25) is 0 Å². The van der Waals surface area contributed by atoms with Crippen LogP contribution in [0.1, 0.15) is 48.0 Å². The monoisotopic (exact) mass is 215 g/mol. The van der Waals surface area contributed by atoms with Crippen molar-refractivity contribution in [2.24, 2.45) is 5.92 Å². The minimum Gasteiger partial charge on any atom is -0.460 e. The predicted octanol–water partition coefficient (Wildman–Crippen LogP) is 2.35. The summed E-state index contributed by atoms with van der Waals surface area (Å²) in [6, 6.07) is 0.454. The van der Waals surface area contributed by atoms with E-state index in [2.05, 4.69) is 19.2 Å². The first-order valence-corrected chi connectivity index (χ1v) is 5.72. The zero-order valence-electron chi connectivity index (χ0n) is 10.9. The summed E-state index contributed by atoms with van der Waals surface area (Å²) >= 11 is 0. The van der Waals surface area contributed by atoms with E-state index in [4.69, 9.17) is 4.74 Å². The SMILES string of the molecule is CCC(C)NCC(C)C(=O)OC(C)(C)C. The number of hydrogen-bond donors (Lipinski definition) is 1. The number of carbonyl (C=O) groups is 1. The molecule has 0 aliphatic heterocycles. The first-order valence-electron chi connectivity index (χ1n) is 5.72. The van der Waals surface area contributed by atoms with Gasteiger partial charge >= 0.3 is 5.97 Å². The van der Waals surface area contributed by atoms with E-state index in [9.17, 15) is 4.79 Å². The van der Waals surface area contributed by atoms with Gasteiger partial charge in [-0.3, -0.25) is 4.79 Å². The number of esters is 1. The van der Waals surface area contributed by atoms with Gasteiger partial charge in [0, 0.05) is 12.6 Å². The summed E-state index contributed by atoms with van der Waals surface area (Å²) in [7, 11) is 0. The maximum atomic E-state index is 11.6. The number of carbonyl (C=O) groups excluding carboxylic acids is 1. The van der Waals surface area contributed by atoms with Crippen LogP contribution in [0.25, 0.3) is 0 Å². The number of ether oxygens (including phenoxy) is 1. The molecule has 0 aromatic rings.